The summed E-state index contributed by atoms with van der Waals surface area (Å²) in [6, 6.07) is 4.83. The van der Waals surface area contributed by atoms with Crippen molar-refractivity contribution >= 4 is 45.3 Å². The second-order valence-electron chi connectivity index (χ2n) is 3.90. The van der Waals surface area contributed by atoms with Gasteiger partial charge in [0.2, 0.25) is 6.10 Å². The number of carbonyl (C=O) groups is 2. The Balaban J connectivity index is 2.75. The van der Waals surface area contributed by atoms with Gasteiger partial charge in [-0.3, -0.25) is 5.32 Å². The maximum absolute atomic E-state index is 11.7. The lowest BCUT2D eigenvalue weighted by Crippen LogP contribution is -2.31. The van der Waals surface area contributed by atoms with Crippen LogP contribution >= 0.6 is 27.5 Å². The molecule has 0 heterocycles. The minimum atomic E-state index is -1.15. The normalized spacial score (nSPS) is 11.4. The van der Waals surface area contributed by atoms with E-state index < -0.39 is 18.2 Å². The SMILES string of the molecule is C=C(C)C(OC(=O)Nc1ccc(Cl)cc1Br)C(=O)OC. The molecule has 5 nitrogen and oxygen atoms in total. The number of anilines is 1. The Morgan fingerprint density at radius 3 is 2.60 bits per heavy atom. The summed E-state index contributed by atoms with van der Waals surface area (Å²) in [5.74, 6) is -0.692. The van der Waals surface area contributed by atoms with Gasteiger partial charge >= 0.3 is 12.1 Å². The molecule has 0 saturated heterocycles. The third-order valence-electron chi connectivity index (χ3n) is 2.26. The van der Waals surface area contributed by atoms with Crippen molar-refractivity contribution in [1.82, 2.24) is 0 Å². The number of carbonyl (C=O) groups excluding carboxylic acids is 2. The van der Waals surface area contributed by atoms with Crippen molar-refractivity contribution in [2.24, 2.45) is 0 Å². The quantitative estimate of drug-likeness (QED) is 0.654. The molecule has 0 fully saturated rings. The zero-order chi connectivity index (χ0) is 15.3. The van der Waals surface area contributed by atoms with Gasteiger partial charge in [0.15, 0.2) is 0 Å². The fraction of sp³-hybridized carbons (Fsp3) is 0.231. The van der Waals surface area contributed by atoms with E-state index in [0.29, 0.717) is 20.8 Å². The number of methoxy groups -OCH3 is 1. The lowest BCUT2D eigenvalue weighted by molar-refractivity contribution is -0.148. The van der Waals surface area contributed by atoms with Crippen LogP contribution in [0.25, 0.3) is 0 Å². The molecule has 1 rings (SSSR count). The lowest BCUT2D eigenvalue weighted by Gasteiger charge is -2.16. The molecule has 1 N–H and O–H groups in total. The number of benzene rings is 1. The van der Waals surface area contributed by atoms with Gasteiger partial charge in [0.1, 0.15) is 0 Å². The van der Waals surface area contributed by atoms with Gasteiger partial charge in [-0.05, 0) is 46.6 Å². The molecule has 0 radical (unpaired) electrons. The van der Waals surface area contributed by atoms with Crippen LogP contribution in [-0.4, -0.2) is 25.3 Å². The van der Waals surface area contributed by atoms with Crippen molar-refractivity contribution in [1.29, 1.82) is 0 Å². The summed E-state index contributed by atoms with van der Waals surface area (Å²) in [5.41, 5.74) is 0.826. The molecular formula is C13H13BrClNO4. The molecule has 20 heavy (non-hydrogen) atoms. The predicted molar refractivity (Wildman–Crippen MR) is 79.9 cm³/mol. The van der Waals surface area contributed by atoms with Gasteiger partial charge in [0.25, 0.3) is 0 Å². The molecule has 1 aromatic carbocycles. The molecule has 1 unspecified atom stereocenters. The van der Waals surface area contributed by atoms with Crippen LogP contribution in [0, 0.1) is 0 Å². The number of hydrogen-bond acceptors (Lipinski definition) is 4. The molecule has 0 aliphatic carbocycles. The van der Waals surface area contributed by atoms with Gasteiger partial charge in [0, 0.05) is 9.50 Å². The molecule has 0 aliphatic heterocycles. The third kappa shape index (κ3) is 4.54. The maximum Gasteiger partial charge on any atom is 0.412 e. The van der Waals surface area contributed by atoms with Crippen molar-refractivity contribution in [2.45, 2.75) is 13.0 Å². The smallest absolute Gasteiger partial charge is 0.412 e. The first-order valence-electron chi connectivity index (χ1n) is 5.51. The number of amides is 1. The first-order valence-corrected chi connectivity index (χ1v) is 6.68. The first-order chi connectivity index (χ1) is 9.35. The van der Waals surface area contributed by atoms with E-state index in [2.05, 4.69) is 32.6 Å². The average Bonchev–Trinajstić information content (AvgIpc) is 2.38. The van der Waals surface area contributed by atoms with Crippen LogP contribution in [0.5, 0.6) is 0 Å². The summed E-state index contributed by atoms with van der Waals surface area (Å²) >= 11 is 9.04. The molecule has 1 atom stereocenters. The molecule has 1 amide bonds. The van der Waals surface area contributed by atoms with E-state index in [-0.39, 0.29) is 0 Å². The third-order valence-corrected chi connectivity index (χ3v) is 3.15. The number of nitrogens with one attached hydrogen (secondary N) is 1. The summed E-state index contributed by atoms with van der Waals surface area (Å²) in [5, 5.41) is 3.00. The average molecular weight is 363 g/mol. The number of esters is 1. The fourth-order valence-corrected chi connectivity index (χ4v) is 2.08. The summed E-state index contributed by atoms with van der Waals surface area (Å²) < 4.78 is 10.1. The standard InChI is InChI=1S/C13H13BrClNO4/c1-7(2)11(12(17)19-3)20-13(18)16-10-5-4-8(15)6-9(10)14/h4-6,11H,1H2,2-3H3,(H,16,18). The molecular weight excluding hydrogens is 350 g/mol. The molecule has 0 bridgehead atoms. The monoisotopic (exact) mass is 361 g/mol. The highest BCUT2D eigenvalue weighted by atomic mass is 79.9. The van der Waals surface area contributed by atoms with Gasteiger partial charge < -0.3 is 9.47 Å². The second kappa shape index (κ2) is 7.31. The van der Waals surface area contributed by atoms with E-state index in [1.54, 1.807) is 25.1 Å². The van der Waals surface area contributed by atoms with Crippen LogP contribution < -0.4 is 5.32 Å². The van der Waals surface area contributed by atoms with E-state index in [4.69, 9.17) is 16.3 Å². The largest absolute Gasteiger partial charge is 0.466 e. The Kier molecular flexibility index (Phi) is 6.04. The van der Waals surface area contributed by atoms with Crippen molar-refractivity contribution in [3.8, 4) is 0 Å². The Hall–Kier alpha value is -1.53. The molecule has 0 aromatic heterocycles. The Morgan fingerprint density at radius 1 is 1.45 bits per heavy atom. The summed E-state index contributed by atoms with van der Waals surface area (Å²) in [6.45, 7) is 5.14. The minimum Gasteiger partial charge on any atom is -0.466 e. The highest BCUT2D eigenvalue weighted by Crippen LogP contribution is 2.26. The minimum absolute atomic E-state index is 0.363. The van der Waals surface area contributed by atoms with Crippen molar-refractivity contribution < 1.29 is 19.1 Å². The van der Waals surface area contributed by atoms with Gasteiger partial charge in [-0.1, -0.05) is 18.2 Å². The maximum atomic E-state index is 11.7. The van der Waals surface area contributed by atoms with Crippen LogP contribution in [0.3, 0.4) is 0 Å². The van der Waals surface area contributed by atoms with Gasteiger partial charge in [-0.25, -0.2) is 9.59 Å². The first kappa shape index (κ1) is 16.5. The van der Waals surface area contributed by atoms with E-state index >= 15 is 0 Å². The molecule has 0 aliphatic rings. The lowest BCUT2D eigenvalue weighted by atomic mass is 10.2. The van der Waals surface area contributed by atoms with E-state index in [1.807, 2.05) is 0 Å². The van der Waals surface area contributed by atoms with E-state index in [0.717, 1.165) is 0 Å². The fourth-order valence-electron chi connectivity index (χ4n) is 1.29. The Bertz CT molecular complexity index is 547. The highest BCUT2D eigenvalue weighted by Gasteiger charge is 2.24. The van der Waals surface area contributed by atoms with Crippen LogP contribution in [0.4, 0.5) is 10.5 Å². The summed E-state index contributed by atoms with van der Waals surface area (Å²) in [4.78, 5) is 23.2. The number of halogens is 2. The number of hydrogen-bond donors (Lipinski definition) is 1. The Labute approximate surface area is 130 Å². The molecule has 0 spiro atoms. The van der Waals surface area contributed by atoms with Crippen molar-refractivity contribution in [2.75, 3.05) is 12.4 Å². The van der Waals surface area contributed by atoms with Crippen LogP contribution in [0.15, 0.2) is 34.8 Å². The van der Waals surface area contributed by atoms with Crippen LogP contribution in [0.1, 0.15) is 6.92 Å². The van der Waals surface area contributed by atoms with Crippen molar-refractivity contribution in [3.63, 3.8) is 0 Å². The number of ether oxygens (including phenoxy) is 2. The summed E-state index contributed by atoms with van der Waals surface area (Å²) in [7, 11) is 1.20. The second-order valence-corrected chi connectivity index (χ2v) is 5.19. The van der Waals surface area contributed by atoms with Crippen molar-refractivity contribution in [3.05, 3.63) is 39.8 Å². The molecule has 108 valence electrons. The van der Waals surface area contributed by atoms with Gasteiger partial charge in [-0.2, -0.15) is 0 Å². The van der Waals surface area contributed by atoms with Gasteiger partial charge in [-0.15, -0.1) is 0 Å². The Morgan fingerprint density at radius 2 is 2.10 bits per heavy atom. The van der Waals surface area contributed by atoms with Crippen LogP contribution in [0.2, 0.25) is 5.02 Å². The van der Waals surface area contributed by atoms with Gasteiger partial charge in [0.05, 0.1) is 12.8 Å². The predicted octanol–water partition coefficient (Wildman–Crippen LogP) is 3.77. The molecule has 7 heteroatoms. The number of rotatable bonds is 4. The van der Waals surface area contributed by atoms with E-state index in [1.165, 1.54) is 7.11 Å². The molecule has 1 aromatic rings. The summed E-state index contributed by atoms with van der Waals surface area (Å²) in [6.07, 6.45) is -1.95. The van der Waals surface area contributed by atoms with E-state index in [9.17, 15) is 9.59 Å². The topological polar surface area (TPSA) is 64.6 Å². The zero-order valence-corrected chi connectivity index (χ0v) is 13.2. The zero-order valence-electron chi connectivity index (χ0n) is 10.9. The highest BCUT2D eigenvalue weighted by molar-refractivity contribution is 9.10. The van der Waals surface area contributed by atoms with Crippen LogP contribution in [-0.2, 0) is 14.3 Å². The molecule has 0 saturated carbocycles.